The molecule has 0 bridgehead atoms. The van der Waals surface area contributed by atoms with Gasteiger partial charge in [0.1, 0.15) is 5.75 Å². The van der Waals surface area contributed by atoms with E-state index in [1.807, 2.05) is 54.2 Å². The molecule has 1 N–H and O–H groups in total. The van der Waals surface area contributed by atoms with E-state index in [-0.39, 0.29) is 0 Å². The minimum Gasteiger partial charge on any atom is -0.496 e. The Bertz CT molecular complexity index is 666. The maximum atomic E-state index is 8.91. The molecular formula is C19H22N2OS. The van der Waals surface area contributed by atoms with Gasteiger partial charge in [-0.1, -0.05) is 31.2 Å². The summed E-state index contributed by atoms with van der Waals surface area (Å²) in [6, 6.07) is 18.0. The first kappa shape index (κ1) is 17.4. The minimum absolute atomic E-state index is 0.545. The molecule has 0 heterocycles. The van der Waals surface area contributed by atoms with Crippen LogP contribution >= 0.6 is 11.8 Å². The van der Waals surface area contributed by atoms with E-state index >= 15 is 0 Å². The van der Waals surface area contributed by atoms with Crippen LogP contribution in [0.4, 0.5) is 0 Å². The largest absolute Gasteiger partial charge is 0.496 e. The SMILES string of the molecule is COc1ccccc1SCC(C)CNCc1cccc(C#N)c1. The van der Waals surface area contributed by atoms with Gasteiger partial charge < -0.3 is 10.1 Å². The zero-order valence-electron chi connectivity index (χ0n) is 13.6. The molecule has 4 heteroatoms. The third-order valence-corrected chi connectivity index (χ3v) is 4.85. The number of rotatable bonds is 8. The van der Waals surface area contributed by atoms with Crippen molar-refractivity contribution in [2.75, 3.05) is 19.4 Å². The van der Waals surface area contributed by atoms with Gasteiger partial charge in [-0.3, -0.25) is 0 Å². The first-order valence-corrected chi connectivity index (χ1v) is 8.67. The highest BCUT2D eigenvalue weighted by atomic mass is 32.2. The molecule has 3 nitrogen and oxygen atoms in total. The van der Waals surface area contributed by atoms with Gasteiger partial charge in [0.2, 0.25) is 0 Å². The van der Waals surface area contributed by atoms with Crippen molar-refractivity contribution < 1.29 is 4.74 Å². The Kier molecular flexibility index (Phi) is 6.99. The van der Waals surface area contributed by atoms with Crippen LogP contribution in [-0.4, -0.2) is 19.4 Å². The lowest BCUT2D eigenvalue weighted by Crippen LogP contribution is -2.22. The van der Waals surface area contributed by atoms with E-state index in [1.165, 1.54) is 4.90 Å². The van der Waals surface area contributed by atoms with E-state index in [0.29, 0.717) is 11.5 Å². The molecule has 0 aromatic heterocycles. The molecule has 0 aliphatic rings. The molecule has 0 radical (unpaired) electrons. The first-order chi connectivity index (χ1) is 11.2. The van der Waals surface area contributed by atoms with Gasteiger partial charge >= 0.3 is 0 Å². The van der Waals surface area contributed by atoms with Gasteiger partial charge in [-0.15, -0.1) is 11.8 Å². The molecule has 0 fully saturated rings. The Morgan fingerprint density at radius 2 is 2.04 bits per heavy atom. The number of hydrogen-bond acceptors (Lipinski definition) is 4. The molecule has 0 saturated heterocycles. The normalized spacial score (nSPS) is 11.7. The number of ether oxygens (including phenoxy) is 1. The van der Waals surface area contributed by atoms with Crippen molar-refractivity contribution in [3.63, 3.8) is 0 Å². The number of nitrogens with one attached hydrogen (secondary N) is 1. The lowest BCUT2D eigenvalue weighted by atomic mass is 10.1. The third kappa shape index (κ3) is 5.63. The van der Waals surface area contributed by atoms with Crippen molar-refractivity contribution in [3.05, 3.63) is 59.7 Å². The summed E-state index contributed by atoms with van der Waals surface area (Å²) in [5.74, 6) is 2.51. The Balaban J connectivity index is 1.75. The fourth-order valence-corrected chi connectivity index (χ4v) is 3.29. The van der Waals surface area contributed by atoms with Crippen molar-refractivity contribution in [1.29, 1.82) is 5.26 Å². The van der Waals surface area contributed by atoms with E-state index in [0.717, 1.165) is 30.2 Å². The minimum atomic E-state index is 0.545. The third-order valence-electron chi connectivity index (χ3n) is 3.47. The molecule has 0 saturated carbocycles. The van der Waals surface area contributed by atoms with Gasteiger partial charge in [-0.2, -0.15) is 5.26 Å². The van der Waals surface area contributed by atoms with Crippen LogP contribution in [0.5, 0.6) is 5.75 Å². The Morgan fingerprint density at radius 1 is 1.22 bits per heavy atom. The van der Waals surface area contributed by atoms with Gasteiger partial charge in [-0.05, 0) is 42.3 Å². The smallest absolute Gasteiger partial charge is 0.132 e. The average molecular weight is 326 g/mol. The summed E-state index contributed by atoms with van der Waals surface area (Å²) in [6.45, 7) is 3.97. The Morgan fingerprint density at radius 3 is 2.83 bits per heavy atom. The molecule has 120 valence electrons. The molecule has 23 heavy (non-hydrogen) atoms. The van der Waals surface area contributed by atoms with Crippen LogP contribution < -0.4 is 10.1 Å². The van der Waals surface area contributed by atoms with Crippen LogP contribution in [0.2, 0.25) is 0 Å². The molecule has 0 aliphatic carbocycles. The second kappa shape index (κ2) is 9.24. The molecule has 0 spiro atoms. The van der Waals surface area contributed by atoms with Crippen molar-refractivity contribution in [1.82, 2.24) is 5.32 Å². The number of benzene rings is 2. The first-order valence-electron chi connectivity index (χ1n) is 7.68. The van der Waals surface area contributed by atoms with Crippen LogP contribution in [0, 0.1) is 17.2 Å². The van der Waals surface area contributed by atoms with Crippen LogP contribution in [-0.2, 0) is 6.54 Å². The molecule has 2 aromatic carbocycles. The van der Waals surface area contributed by atoms with Crippen LogP contribution in [0.3, 0.4) is 0 Å². The highest BCUT2D eigenvalue weighted by molar-refractivity contribution is 7.99. The summed E-state index contributed by atoms with van der Waals surface area (Å²) < 4.78 is 5.38. The van der Waals surface area contributed by atoms with Crippen molar-refractivity contribution in [2.24, 2.45) is 5.92 Å². The van der Waals surface area contributed by atoms with E-state index in [9.17, 15) is 0 Å². The zero-order chi connectivity index (χ0) is 16.5. The molecule has 2 rings (SSSR count). The fourth-order valence-electron chi connectivity index (χ4n) is 2.24. The number of para-hydroxylation sites is 1. The monoisotopic (exact) mass is 326 g/mol. The summed E-state index contributed by atoms with van der Waals surface area (Å²) in [5, 5.41) is 12.4. The number of hydrogen-bond donors (Lipinski definition) is 1. The topological polar surface area (TPSA) is 45.0 Å². The van der Waals surface area contributed by atoms with Crippen LogP contribution in [0.25, 0.3) is 0 Å². The lowest BCUT2D eigenvalue weighted by molar-refractivity contribution is 0.404. The zero-order valence-corrected chi connectivity index (χ0v) is 14.4. The quantitative estimate of drug-likeness (QED) is 0.742. The highest BCUT2D eigenvalue weighted by Gasteiger charge is 2.07. The second-order valence-electron chi connectivity index (χ2n) is 5.51. The number of nitrogens with zero attached hydrogens (tertiary/aromatic N) is 1. The summed E-state index contributed by atoms with van der Waals surface area (Å²) in [4.78, 5) is 1.18. The van der Waals surface area contributed by atoms with E-state index in [2.05, 4.69) is 24.4 Å². The van der Waals surface area contributed by atoms with E-state index in [1.54, 1.807) is 7.11 Å². The van der Waals surface area contributed by atoms with Crippen LogP contribution in [0.1, 0.15) is 18.1 Å². The van der Waals surface area contributed by atoms with Crippen molar-refractivity contribution >= 4 is 11.8 Å². The van der Waals surface area contributed by atoms with Gasteiger partial charge in [0.25, 0.3) is 0 Å². The summed E-state index contributed by atoms with van der Waals surface area (Å²) in [5.41, 5.74) is 1.86. The predicted octanol–water partition coefficient (Wildman–Crippen LogP) is 4.08. The van der Waals surface area contributed by atoms with Gasteiger partial charge in [-0.25, -0.2) is 0 Å². The molecule has 1 unspecified atom stereocenters. The summed E-state index contributed by atoms with van der Waals surface area (Å²) >= 11 is 1.82. The fraction of sp³-hybridized carbons (Fsp3) is 0.316. The average Bonchev–Trinajstić information content (AvgIpc) is 2.60. The molecule has 1 atom stereocenters. The molecule has 0 aliphatic heterocycles. The number of thioether (sulfide) groups is 1. The maximum absolute atomic E-state index is 8.91. The second-order valence-corrected chi connectivity index (χ2v) is 6.57. The number of methoxy groups -OCH3 is 1. The van der Waals surface area contributed by atoms with Gasteiger partial charge in [0, 0.05) is 17.2 Å². The van der Waals surface area contributed by atoms with Crippen molar-refractivity contribution in [2.45, 2.75) is 18.4 Å². The van der Waals surface area contributed by atoms with E-state index < -0.39 is 0 Å². The highest BCUT2D eigenvalue weighted by Crippen LogP contribution is 2.29. The van der Waals surface area contributed by atoms with E-state index in [4.69, 9.17) is 10.00 Å². The standard InChI is InChI=1S/C19H22N2OS/c1-15(14-23-19-9-4-3-8-18(19)22-2)12-21-13-17-7-5-6-16(10-17)11-20/h3-10,15,21H,12-14H2,1-2H3. The molecular weight excluding hydrogens is 304 g/mol. The molecule has 2 aromatic rings. The lowest BCUT2D eigenvalue weighted by Gasteiger charge is -2.14. The van der Waals surface area contributed by atoms with Crippen LogP contribution in [0.15, 0.2) is 53.4 Å². The van der Waals surface area contributed by atoms with Crippen molar-refractivity contribution in [3.8, 4) is 11.8 Å². The predicted molar refractivity (Wildman–Crippen MR) is 95.7 cm³/mol. The summed E-state index contributed by atoms with van der Waals surface area (Å²) in [6.07, 6.45) is 0. The molecule has 0 amide bonds. The summed E-state index contributed by atoms with van der Waals surface area (Å²) in [7, 11) is 1.71. The Labute approximate surface area is 142 Å². The van der Waals surface area contributed by atoms with Gasteiger partial charge in [0.15, 0.2) is 0 Å². The maximum Gasteiger partial charge on any atom is 0.132 e. The Hall–Kier alpha value is -1.96. The number of nitriles is 1. The van der Waals surface area contributed by atoms with Gasteiger partial charge in [0.05, 0.1) is 18.7 Å².